The van der Waals surface area contributed by atoms with Gasteiger partial charge in [0.15, 0.2) is 0 Å². The lowest BCUT2D eigenvalue weighted by Gasteiger charge is -2.11. The maximum atomic E-state index is 10.9. The predicted octanol–water partition coefficient (Wildman–Crippen LogP) is 1.98. The van der Waals surface area contributed by atoms with Crippen molar-refractivity contribution in [2.24, 2.45) is 4.99 Å². The number of rotatable bonds is 2. The molecule has 0 atom stereocenters. The van der Waals surface area contributed by atoms with Crippen molar-refractivity contribution in [3.05, 3.63) is 29.7 Å². The molecule has 4 nitrogen and oxygen atoms in total. The lowest BCUT2D eigenvalue weighted by molar-refractivity contribution is -0.129. The van der Waals surface area contributed by atoms with E-state index in [0.717, 1.165) is 18.4 Å². The Kier molecular flexibility index (Phi) is 2.67. The van der Waals surface area contributed by atoms with Gasteiger partial charge in [0.2, 0.25) is 0 Å². The van der Waals surface area contributed by atoms with Crippen LogP contribution in [0.1, 0.15) is 18.6 Å². The average Bonchev–Trinajstić information content (AvgIpc) is 2.71. The second-order valence-electron chi connectivity index (χ2n) is 3.32. The number of furan rings is 1. The molecule has 1 aromatic heterocycles. The van der Waals surface area contributed by atoms with Crippen molar-refractivity contribution in [3.63, 3.8) is 0 Å². The molecule has 1 N–H and O–H groups in total. The summed E-state index contributed by atoms with van der Waals surface area (Å²) in [6.45, 7) is 0.594. The molecule has 0 unspecified atom stereocenters. The highest BCUT2D eigenvalue weighted by molar-refractivity contribution is 6.43. The Morgan fingerprint density at radius 1 is 1.60 bits per heavy atom. The minimum Gasteiger partial charge on any atom is -0.477 e. The first kappa shape index (κ1) is 9.71. The molecule has 2 rings (SSSR count). The summed E-state index contributed by atoms with van der Waals surface area (Å²) < 4.78 is 5.14. The van der Waals surface area contributed by atoms with Gasteiger partial charge in [-0.3, -0.25) is 4.99 Å². The second-order valence-corrected chi connectivity index (χ2v) is 3.32. The topological polar surface area (TPSA) is 62.8 Å². The monoisotopic (exact) mass is 205 g/mol. The van der Waals surface area contributed by atoms with Gasteiger partial charge >= 0.3 is 5.97 Å². The summed E-state index contributed by atoms with van der Waals surface area (Å²) in [7, 11) is 0. The number of carboxylic acid groups (broad SMARTS) is 1. The highest BCUT2D eigenvalue weighted by Gasteiger charge is 2.18. The Bertz CT molecular complexity index is 415. The zero-order valence-corrected chi connectivity index (χ0v) is 8.14. The SMILES string of the molecule is O=C(O)C1=NCCC/C1=C\c1ccco1. The van der Waals surface area contributed by atoms with Crippen LogP contribution in [0.3, 0.4) is 0 Å². The molecule has 0 fully saturated rings. The standard InChI is InChI=1S/C11H11NO3/c13-11(14)10-8(3-1-5-12-10)7-9-4-2-6-15-9/h2,4,6-7H,1,3,5H2,(H,13,14)/b8-7+. The summed E-state index contributed by atoms with van der Waals surface area (Å²) in [4.78, 5) is 14.9. The van der Waals surface area contributed by atoms with E-state index in [1.807, 2.05) is 0 Å². The summed E-state index contributed by atoms with van der Waals surface area (Å²) in [6, 6.07) is 3.56. The van der Waals surface area contributed by atoms with Gasteiger partial charge in [0.1, 0.15) is 11.5 Å². The van der Waals surface area contributed by atoms with Crippen molar-refractivity contribution in [3.8, 4) is 0 Å². The molecule has 1 aliphatic heterocycles. The molecule has 15 heavy (non-hydrogen) atoms. The molecule has 4 heteroatoms. The predicted molar refractivity (Wildman–Crippen MR) is 55.9 cm³/mol. The molecule has 0 spiro atoms. The van der Waals surface area contributed by atoms with Crippen LogP contribution in [0, 0.1) is 0 Å². The number of aliphatic carboxylic acids is 1. The quantitative estimate of drug-likeness (QED) is 0.802. The van der Waals surface area contributed by atoms with Crippen molar-refractivity contribution in [1.29, 1.82) is 0 Å². The van der Waals surface area contributed by atoms with E-state index in [9.17, 15) is 4.79 Å². The maximum absolute atomic E-state index is 10.9. The smallest absolute Gasteiger partial charge is 0.354 e. The average molecular weight is 205 g/mol. The fourth-order valence-corrected chi connectivity index (χ4v) is 1.57. The third kappa shape index (κ3) is 2.15. The van der Waals surface area contributed by atoms with Gasteiger partial charge in [0.25, 0.3) is 0 Å². The van der Waals surface area contributed by atoms with Crippen LogP contribution in [0.25, 0.3) is 6.08 Å². The number of carboxylic acids is 1. The Hall–Kier alpha value is -1.84. The van der Waals surface area contributed by atoms with E-state index < -0.39 is 5.97 Å². The van der Waals surface area contributed by atoms with Gasteiger partial charge in [-0.15, -0.1) is 0 Å². The van der Waals surface area contributed by atoms with Crippen LogP contribution in [-0.4, -0.2) is 23.3 Å². The molecule has 0 radical (unpaired) electrons. The van der Waals surface area contributed by atoms with Crippen LogP contribution in [0.4, 0.5) is 0 Å². The van der Waals surface area contributed by atoms with E-state index in [-0.39, 0.29) is 5.71 Å². The minimum atomic E-state index is -0.965. The lowest BCUT2D eigenvalue weighted by Crippen LogP contribution is -2.19. The van der Waals surface area contributed by atoms with E-state index in [0.29, 0.717) is 12.3 Å². The van der Waals surface area contributed by atoms with Gasteiger partial charge < -0.3 is 9.52 Å². The van der Waals surface area contributed by atoms with Crippen molar-refractivity contribution >= 4 is 17.8 Å². The number of carbonyl (C=O) groups is 1. The molecular formula is C11H11NO3. The van der Waals surface area contributed by atoms with Crippen molar-refractivity contribution in [2.75, 3.05) is 6.54 Å². The van der Waals surface area contributed by atoms with Gasteiger partial charge in [0.05, 0.1) is 6.26 Å². The molecule has 2 heterocycles. The maximum Gasteiger partial charge on any atom is 0.354 e. The van der Waals surface area contributed by atoms with E-state index in [1.165, 1.54) is 0 Å². The van der Waals surface area contributed by atoms with Crippen LogP contribution in [-0.2, 0) is 4.79 Å². The molecule has 0 aliphatic carbocycles. The van der Waals surface area contributed by atoms with Crippen molar-refractivity contribution < 1.29 is 14.3 Å². The number of nitrogens with zero attached hydrogens (tertiary/aromatic N) is 1. The summed E-state index contributed by atoms with van der Waals surface area (Å²) in [5.41, 5.74) is 0.904. The number of hydrogen-bond donors (Lipinski definition) is 1. The third-order valence-electron chi connectivity index (χ3n) is 2.24. The molecule has 0 saturated heterocycles. The molecule has 0 aromatic carbocycles. The van der Waals surface area contributed by atoms with E-state index >= 15 is 0 Å². The second kappa shape index (κ2) is 4.13. The van der Waals surface area contributed by atoms with Crippen molar-refractivity contribution in [1.82, 2.24) is 0 Å². The largest absolute Gasteiger partial charge is 0.477 e. The Morgan fingerprint density at radius 2 is 2.47 bits per heavy atom. The summed E-state index contributed by atoms with van der Waals surface area (Å²) in [5.74, 6) is -0.298. The zero-order chi connectivity index (χ0) is 10.7. The Balaban J connectivity index is 2.31. The van der Waals surface area contributed by atoms with E-state index in [2.05, 4.69) is 4.99 Å². The molecule has 0 saturated carbocycles. The molecule has 0 amide bonds. The lowest BCUT2D eigenvalue weighted by atomic mass is 10.0. The van der Waals surface area contributed by atoms with Gasteiger partial charge in [0, 0.05) is 6.54 Å². The number of hydrogen-bond acceptors (Lipinski definition) is 3. The fraction of sp³-hybridized carbons (Fsp3) is 0.273. The molecular weight excluding hydrogens is 194 g/mol. The van der Waals surface area contributed by atoms with E-state index in [1.54, 1.807) is 24.5 Å². The van der Waals surface area contributed by atoms with Gasteiger partial charge in [-0.2, -0.15) is 0 Å². The Labute approximate surface area is 86.9 Å². The molecule has 1 aromatic rings. The van der Waals surface area contributed by atoms with Crippen LogP contribution in [0.2, 0.25) is 0 Å². The van der Waals surface area contributed by atoms with Crippen LogP contribution < -0.4 is 0 Å². The molecule has 0 bridgehead atoms. The first-order valence-corrected chi connectivity index (χ1v) is 4.79. The zero-order valence-electron chi connectivity index (χ0n) is 8.14. The highest BCUT2D eigenvalue weighted by atomic mass is 16.4. The first-order chi connectivity index (χ1) is 7.27. The van der Waals surface area contributed by atoms with Crippen molar-refractivity contribution in [2.45, 2.75) is 12.8 Å². The summed E-state index contributed by atoms with van der Waals surface area (Å²) >= 11 is 0. The molecule has 78 valence electrons. The third-order valence-corrected chi connectivity index (χ3v) is 2.24. The van der Waals surface area contributed by atoms with Crippen LogP contribution >= 0.6 is 0 Å². The Morgan fingerprint density at radius 3 is 3.13 bits per heavy atom. The van der Waals surface area contributed by atoms with E-state index in [4.69, 9.17) is 9.52 Å². The number of aliphatic imine (C=N–C) groups is 1. The normalized spacial score (nSPS) is 18.9. The van der Waals surface area contributed by atoms with Crippen LogP contribution in [0.15, 0.2) is 33.4 Å². The summed E-state index contributed by atoms with van der Waals surface area (Å²) in [6.07, 6.45) is 4.94. The van der Waals surface area contributed by atoms with Gasteiger partial charge in [-0.25, -0.2) is 4.79 Å². The van der Waals surface area contributed by atoms with Gasteiger partial charge in [-0.1, -0.05) is 0 Å². The summed E-state index contributed by atoms with van der Waals surface area (Å²) in [5, 5.41) is 8.94. The fourth-order valence-electron chi connectivity index (χ4n) is 1.57. The highest BCUT2D eigenvalue weighted by Crippen LogP contribution is 2.18. The minimum absolute atomic E-state index is 0.164. The van der Waals surface area contributed by atoms with Crippen LogP contribution in [0.5, 0.6) is 0 Å². The molecule has 1 aliphatic rings. The first-order valence-electron chi connectivity index (χ1n) is 4.79. The van der Waals surface area contributed by atoms with Gasteiger partial charge in [-0.05, 0) is 36.6 Å².